The first-order valence-corrected chi connectivity index (χ1v) is 14.3. The maximum atomic E-state index is 13.7. The molecule has 2 aromatic rings. The van der Waals surface area contributed by atoms with E-state index >= 15 is 0 Å². The number of aliphatic hydroxyl groups excluding tert-OH is 1. The van der Waals surface area contributed by atoms with Gasteiger partial charge in [0.2, 0.25) is 11.8 Å². The highest BCUT2D eigenvalue weighted by atomic mass is 32.1. The molecule has 39 heavy (non-hydrogen) atoms. The Kier molecular flexibility index (Phi) is 9.72. The van der Waals surface area contributed by atoms with E-state index in [2.05, 4.69) is 22.2 Å². The van der Waals surface area contributed by atoms with Crippen LogP contribution in [0, 0.1) is 18.3 Å². The van der Waals surface area contributed by atoms with Crippen LogP contribution in [0.1, 0.15) is 71.7 Å². The van der Waals surface area contributed by atoms with Gasteiger partial charge in [0.1, 0.15) is 17.9 Å². The molecule has 1 aromatic carbocycles. The Morgan fingerprint density at radius 2 is 1.82 bits per heavy atom. The van der Waals surface area contributed by atoms with Crippen LogP contribution in [0.25, 0.3) is 10.4 Å². The largest absolute Gasteiger partial charge is 0.391 e. The highest BCUT2D eigenvalue weighted by molar-refractivity contribution is 7.13. The van der Waals surface area contributed by atoms with Crippen molar-refractivity contribution in [1.29, 1.82) is 0 Å². The maximum Gasteiger partial charge on any atom is 0.246 e. The Hall–Kier alpha value is -3.04. The third-order valence-electron chi connectivity index (χ3n) is 7.05. The molecular formula is C30H42N4O4S. The number of likely N-dealkylation sites (tertiary alicyclic amines) is 1. The smallest absolute Gasteiger partial charge is 0.246 e. The van der Waals surface area contributed by atoms with Crippen molar-refractivity contribution in [2.45, 2.75) is 85.5 Å². The second-order valence-corrected chi connectivity index (χ2v) is 12.7. The molecule has 9 heteroatoms. The first-order chi connectivity index (χ1) is 18.2. The fraction of sp³-hybridized carbons (Fsp3) is 0.533. The Balaban J connectivity index is 1.86. The number of hydrogen-bond donors (Lipinski definition) is 3. The quantitative estimate of drug-likeness (QED) is 0.402. The van der Waals surface area contributed by atoms with Crippen LogP contribution in [0.3, 0.4) is 0 Å². The van der Waals surface area contributed by atoms with Gasteiger partial charge in [0.15, 0.2) is 0 Å². The second-order valence-electron chi connectivity index (χ2n) is 11.9. The fourth-order valence-electron chi connectivity index (χ4n) is 4.77. The van der Waals surface area contributed by atoms with E-state index in [1.54, 1.807) is 18.3 Å². The van der Waals surface area contributed by atoms with Crippen molar-refractivity contribution >= 4 is 28.9 Å². The molecule has 212 valence electrons. The zero-order valence-electron chi connectivity index (χ0n) is 24.1. The molecule has 0 unspecified atom stereocenters. The second kappa shape index (κ2) is 12.4. The monoisotopic (exact) mass is 554 g/mol. The van der Waals surface area contributed by atoms with Crippen molar-refractivity contribution in [1.82, 2.24) is 20.5 Å². The van der Waals surface area contributed by atoms with Crippen LogP contribution < -0.4 is 10.6 Å². The summed E-state index contributed by atoms with van der Waals surface area (Å²) in [4.78, 5) is 47.0. The maximum absolute atomic E-state index is 13.7. The van der Waals surface area contributed by atoms with Gasteiger partial charge in [-0.15, -0.1) is 11.3 Å². The SMILES string of the molecule is C=C(C)N[C@H](C(=O)N1C[C@H](O)C[C@H]1C(=O)N[C@@H](CC(=O)C(C)C)c1ccc(-c2scnc2C)cc1)C(C)(C)C. The molecule has 1 saturated heterocycles. The summed E-state index contributed by atoms with van der Waals surface area (Å²) in [7, 11) is 0. The van der Waals surface area contributed by atoms with E-state index in [1.807, 2.05) is 71.3 Å². The summed E-state index contributed by atoms with van der Waals surface area (Å²) < 4.78 is 0. The number of allylic oxidation sites excluding steroid dienone is 1. The number of aliphatic hydroxyl groups is 1. The lowest BCUT2D eigenvalue weighted by Crippen LogP contribution is -2.56. The van der Waals surface area contributed by atoms with E-state index in [-0.39, 0.29) is 42.9 Å². The summed E-state index contributed by atoms with van der Waals surface area (Å²) in [5.41, 5.74) is 4.78. The molecule has 0 radical (unpaired) electrons. The standard InChI is InChI=1S/C30H42N4O4S/c1-17(2)25(36)14-23(20-9-11-21(12-10-20)26-19(5)31-16-39-26)33-28(37)24-13-22(35)15-34(24)29(38)27(30(6,7)8)32-18(3)4/h9-12,16-17,22-24,27,32,35H,3,13-15H2,1-2,4-8H3,(H,33,37)/t22-,23+,24+,27-/m1/s1. The molecule has 0 spiro atoms. The number of carbonyl (C=O) groups is 3. The lowest BCUT2D eigenvalue weighted by Gasteiger charge is -2.36. The molecular weight excluding hydrogens is 512 g/mol. The zero-order valence-corrected chi connectivity index (χ0v) is 24.9. The molecule has 1 fully saturated rings. The third-order valence-corrected chi connectivity index (χ3v) is 8.03. The third kappa shape index (κ3) is 7.54. The van der Waals surface area contributed by atoms with Crippen molar-refractivity contribution in [3.8, 4) is 10.4 Å². The number of carbonyl (C=O) groups excluding carboxylic acids is 3. The van der Waals surface area contributed by atoms with E-state index in [0.717, 1.165) is 21.7 Å². The molecule has 0 saturated carbocycles. The highest BCUT2D eigenvalue weighted by Crippen LogP contribution is 2.30. The highest BCUT2D eigenvalue weighted by Gasteiger charge is 2.44. The van der Waals surface area contributed by atoms with Crippen molar-refractivity contribution in [3.05, 3.63) is 53.3 Å². The molecule has 2 heterocycles. The van der Waals surface area contributed by atoms with Gasteiger partial charge >= 0.3 is 0 Å². The van der Waals surface area contributed by atoms with Gasteiger partial charge in [-0.05, 0) is 30.4 Å². The molecule has 8 nitrogen and oxygen atoms in total. The number of Topliss-reactive ketones (excluding diaryl/α,β-unsaturated/α-hetero) is 1. The van der Waals surface area contributed by atoms with Crippen LogP contribution in [0.5, 0.6) is 0 Å². The van der Waals surface area contributed by atoms with E-state index in [4.69, 9.17) is 0 Å². The zero-order chi connectivity index (χ0) is 29.1. The number of rotatable bonds is 10. The molecule has 1 aromatic heterocycles. The Labute approximate surface area is 235 Å². The van der Waals surface area contributed by atoms with Crippen LogP contribution in [0.15, 0.2) is 42.1 Å². The van der Waals surface area contributed by atoms with Gasteiger partial charge in [-0.25, -0.2) is 4.98 Å². The van der Waals surface area contributed by atoms with E-state index in [0.29, 0.717) is 5.70 Å². The molecule has 3 N–H and O–H groups in total. The normalized spacial score (nSPS) is 19.1. The van der Waals surface area contributed by atoms with Crippen LogP contribution in [-0.2, 0) is 14.4 Å². The van der Waals surface area contributed by atoms with Gasteiger partial charge < -0.3 is 20.6 Å². The van der Waals surface area contributed by atoms with Gasteiger partial charge in [-0.3, -0.25) is 14.4 Å². The Morgan fingerprint density at radius 3 is 2.33 bits per heavy atom. The van der Waals surface area contributed by atoms with E-state index in [1.165, 1.54) is 4.90 Å². The average molecular weight is 555 g/mol. The minimum atomic E-state index is -0.847. The van der Waals surface area contributed by atoms with Crippen LogP contribution in [-0.4, -0.2) is 57.3 Å². The Morgan fingerprint density at radius 1 is 1.18 bits per heavy atom. The van der Waals surface area contributed by atoms with Crippen molar-refractivity contribution in [2.75, 3.05) is 6.54 Å². The van der Waals surface area contributed by atoms with Crippen LogP contribution >= 0.6 is 11.3 Å². The van der Waals surface area contributed by atoms with Crippen molar-refractivity contribution in [3.63, 3.8) is 0 Å². The number of aromatic nitrogens is 1. The number of aryl methyl sites for hydroxylation is 1. The van der Waals surface area contributed by atoms with E-state index < -0.39 is 29.6 Å². The first-order valence-electron chi connectivity index (χ1n) is 13.4. The summed E-state index contributed by atoms with van der Waals surface area (Å²) in [6.45, 7) is 17.2. The minimum Gasteiger partial charge on any atom is -0.391 e. The van der Waals surface area contributed by atoms with Crippen molar-refractivity contribution < 1.29 is 19.5 Å². The lowest BCUT2D eigenvalue weighted by atomic mass is 9.85. The summed E-state index contributed by atoms with van der Waals surface area (Å²) in [5.74, 6) is -0.802. The Bertz CT molecular complexity index is 1200. The van der Waals surface area contributed by atoms with Gasteiger partial charge in [0.05, 0.1) is 28.2 Å². The molecule has 1 aliphatic heterocycles. The predicted molar refractivity (Wildman–Crippen MR) is 155 cm³/mol. The predicted octanol–water partition coefficient (Wildman–Crippen LogP) is 4.39. The number of thiazole rings is 1. The van der Waals surface area contributed by atoms with Gasteiger partial charge in [0.25, 0.3) is 0 Å². The number of nitrogens with one attached hydrogen (secondary N) is 2. The van der Waals surface area contributed by atoms with Crippen LogP contribution in [0.4, 0.5) is 0 Å². The molecule has 2 amide bonds. The fourth-order valence-corrected chi connectivity index (χ4v) is 5.58. The van der Waals surface area contributed by atoms with Gasteiger partial charge in [-0.1, -0.05) is 65.5 Å². The average Bonchev–Trinajstić information content (AvgIpc) is 3.46. The molecule has 3 rings (SSSR count). The number of nitrogens with zero attached hydrogens (tertiary/aromatic N) is 2. The minimum absolute atomic E-state index is 0.0283. The van der Waals surface area contributed by atoms with E-state index in [9.17, 15) is 19.5 Å². The molecule has 1 aliphatic rings. The van der Waals surface area contributed by atoms with Gasteiger partial charge in [-0.2, -0.15) is 0 Å². The van der Waals surface area contributed by atoms with Crippen molar-refractivity contribution in [2.24, 2.45) is 11.3 Å². The summed E-state index contributed by atoms with van der Waals surface area (Å²) in [5, 5.41) is 16.7. The topological polar surface area (TPSA) is 112 Å². The summed E-state index contributed by atoms with van der Waals surface area (Å²) in [6.07, 6.45) is -0.545. The number of benzene rings is 1. The first kappa shape index (κ1) is 30.5. The number of ketones is 1. The molecule has 0 bridgehead atoms. The number of amides is 2. The lowest BCUT2D eigenvalue weighted by molar-refractivity contribution is -0.142. The number of hydrogen-bond acceptors (Lipinski definition) is 7. The van der Waals surface area contributed by atoms with Gasteiger partial charge in [0, 0.05) is 31.0 Å². The molecule has 0 aliphatic carbocycles. The number of β-amino-alcohol motifs (C(OH)–C–C–N with tert-alkyl or cyclic N) is 1. The molecule has 4 atom stereocenters. The summed E-state index contributed by atoms with van der Waals surface area (Å²) in [6, 6.07) is 5.77. The van der Waals surface area contributed by atoms with Crippen LogP contribution in [0.2, 0.25) is 0 Å². The summed E-state index contributed by atoms with van der Waals surface area (Å²) >= 11 is 1.56.